The van der Waals surface area contributed by atoms with Gasteiger partial charge in [0.25, 0.3) is 5.91 Å². The maximum absolute atomic E-state index is 13.4. The van der Waals surface area contributed by atoms with Crippen molar-refractivity contribution in [3.63, 3.8) is 0 Å². The first-order valence-corrected chi connectivity index (χ1v) is 10.3. The van der Waals surface area contributed by atoms with Crippen molar-refractivity contribution in [2.75, 3.05) is 34.0 Å². The number of carbonyl (C=O) groups is 1. The maximum atomic E-state index is 13.4. The second-order valence-electron chi connectivity index (χ2n) is 7.94. The number of nitrogens with zero attached hydrogens (tertiary/aromatic N) is 1. The smallest absolute Gasteiger partial charge is 0.254 e. The third kappa shape index (κ3) is 4.77. The van der Waals surface area contributed by atoms with E-state index >= 15 is 0 Å². The van der Waals surface area contributed by atoms with Crippen molar-refractivity contribution in [2.24, 2.45) is 5.92 Å². The zero-order chi connectivity index (χ0) is 21.7. The Bertz CT molecular complexity index is 849. The Morgan fingerprint density at radius 3 is 2.43 bits per heavy atom. The fraction of sp³-hybridized carbons (Fsp3) is 0.458. The molecule has 1 saturated heterocycles. The van der Waals surface area contributed by atoms with Gasteiger partial charge in [0.2, 0.25) is 0 Å². The van der Waals surface area contributed by atoms with E-state index in [-0.39, 0.29) is 12.5 Å². The Morgan fingerprint density at radius 2 is 1.83 bits per heavy atom. The van der Waals surface area contributed by atoms with E-state index in [0.29, 0.717) is 36.1 Å². The fourth-order valence-electron chi connectivity index (χ4n) is 3.97. The molecule has 1 aliphatic heterocycles. The molecule has 1 fully saturated rings. The summed E-state index contributed by atoms with van der Waals surface area (Å²) in [4.78, 5) is 15.2. The van der Waals surface area contributed by atoms with Crippen LogP contribution in [0.1, 0.15) is 41.4 Å². The number of amides is 1. The molecule has 2 atom stereocenters. The van der Waals surface area contributed by atoms with E-state index in [1.165, 1.54) is 5.56 Å². The molecule has 2 aromatic carbocycles. The highest BCUT2D eigenvalue weighted by Crippen LogP contribution is 2.36. The van der Waals surface area contributed by atoms with Crippen molar-refractivity contribution in [3.05, 3.63) is 59.2 Å². The van der Waals surface area contributed by atoms with E-state index in [1.807, 2.05) is 36.4 Å². The zero-order valence-electron chi connectivity index (χ0n) is 18.1. The monoisotopic (exact) mass is 413 g/mol. The first-order chi connectivity index (χ1) is 14.5. The van der Waals surface area contributed by atoms with Crippen LogP contribution < -0.4 is 9.47 Å². The number of benzene rings is 2. The largest absolute Gasteiger partial charge is 0.493 e. The minimum Gasteiger partial charge on any atom is -0.493 e. The molecule has 6 nitrogen and oxygen atoms in total. The van der Waals surface area contributed by atoms with Crippen LogP contribution in [0, 0.1) is 5.92 Å². The lowest BCUT2D eigenvalue weighted by molar-refractivity contribution is -0.0811. The van der Waals surface area contributed by atoms with Gasteiger partial charge in [0.15, 0.2) is 11.5 Å². The van der Waals surface area contributed by atoms with Crippen molar-refractivity contribution >= 4 is 5.91 Å². The molecule has 0 spiro atoms. The van der Waals surface area contributed by atoms with E-state index in [2.05, 4.69) is 13.8 Å². The molecule has 0 aromatic heterocycles. The van der Waals surface area contributed by atoms with Crippen LogP contribution in [0.5, 0.6) is 11.5 Å². The van der Waals surface area contributed by atoms with Crippen molar-refractivity contribution < 1.29 is 24.1 Å². The number of hydrogen-bond acceptors (Lipinski definition) is 5. The Morgan fingerprint density at radius 1 is 1.13 bits per heavy atom. The summed E-state index contributed by atoms with van der Waals surface area (Å²) in [5, 5.41) is 9.92. The van der Waals surface area contributed by atoms with Crippen molar-refractivity contribution in [1.29, 1.82) is 0 Å². The first-order valence-electron chi connectivity index (χ1n) is 10.3. The van der Waals surface area contributed by atoms with Crippen molar-refractivity contribution in [3.8, 4) is 11.5 Å². The molecule has 1 aliphatic rings. The normalized spacial score (nSPS) is 19.1. The average Bonchev–Trinajstić information content (AvgIpc) is 2.77. The summed E-state index contributed by atoms with van der Waals surface area (Å²) >= 11 is 0. The summed E-state index contributed by atoms with van der Waals surface area (Å²) in [5.41, 5.74) is 2.68. The van der Waals surface area contributed by atoms with Gasteiger partial charge in [-0.3, -0.25) is 4.79 Å². The van der Waals surface area contributed by atoms with Crippen LogP contribution in [0.15, 0.2) is 42.5 Å². The average molecular weight is 414 g/mol. The molecule has 1 amide bonds. The van der Waals surface area contributed by atoms with E-state index in [1.54, 1.807) is 25.2 Å². The van der Waals surface area contributed by atoms with Gasteiger partial charge in [0, 0.05) is 12.1 Å². The van der Waals surface area contributed by atoms with Gasteiger partial charge in [0.1, 0.15) is 6.10 Å². The van der Waals surface area contributed by atoms with Gasteiger partial charge in [-0.15, -0.1) is 0 Å². The summed E-state index contributed by atoms with van der Waals surface area (Å²) < 4.78 is 16.5. The molecular weight excluding hydrogens is 382 g/mol. The first kappa shape index (κ1) is 22.1. The third-order valence-corrected chi connectivity index (χ3v) is 5.39. The minimum atomic E-state index is -0.513. The Kier molecular flexibility index (Phi) is 7.34. The molecular formula is C24H31NO5. The molecule has 30 heavy (non-hydrogen) atoms. The van der Waals surface area contributed by atoms with Gasteiger partial charge in [-0.1, -0.05) is 32.0 Å². The lowest BCUT2D eigenvalue weighted by Gasteiger charge is -2.41. The van der Waals surface area contributed by atoms with Crippen LogP contribution in [0.2, 0.25) is 0 Å². The van der Waals surface area contributed by atoms with Gasteiger partial charge in [-0.05, 0) is 47.7 Å². The molecule has 0 bridgehead atoms. The van der Waals surface area contributed by atoms with Crippen LogP contribution in [-0.2, 0) is 11.2 Å². The molecule has 2 aromatic rings. The highest BCUT2D eigenvalue weighted by molar-refractivity contribution is 5.94. The topological polar surface area (TPSA) is 68.2 Å². The summed E-state index contributed by atoms with van der Waals surface area (Å²) in [5.74, 6) is 1.66. The number of ether oxygens (including phenoxy) is 3. The predicted octanol–water partition coefficient (Wildman–Crippen LogP) is 3.48. The number of hydrogen-bond donors (Lipinski definition) is 1. The molecule has 1 heterocycles. The summed E-state index contributed by atoms with van der Waals surface area (Å²) in [6.45, 7) is 5.00. The predicted molar refractivity (Wildman–Crippen MR) is 115 cm³/mol. The Hall–Kier alpha value is -2.57. The van der Waals surface area contributed by atoms with E-state index < -0.39 is 12.1 Å². The summed E-state index contributed by atoms with van der Waals surface area (Å²) in [7, 11) is 3.15. The Labute approximate surface area is 178 Å². The highest BCUT2D eigenvalue weighted by Gasteiger charge is 2.37. The number of morpholine rings is 1. The fourth-order valence-corrected chi connectivity index (χ4v) is 3.97. The van der Waals surface area contributed by atoms with Crippen LogP contribution >= 0.6 is 0 Å². The summed E-state index contributed by atoms with van der Waals surface area (Å²) in [6, 6.07) is 12.9. The second-order valence-corrected chi connectivity index (χ2v) is 7.94. The highest BCUT2D eigenvalue weighted by atomic mass is 16.5. The number of methoxy groups -OCH3 is 2. The lowest BCUT2D eigenvalue weighted by atomic mass is 9.96. The molecule has 6 heteroatoms. The molecule has 0 saturated carbocycles. The Balaban J connectivity index is 1.92. The van der Waals surface area contributed by atoms with Crippen LogP contribution in [0.3, 0.4) is 0 Å². The van der Waals surface area contributed by atoms with Crippen LogP contribution in [0.4, 0.5) is 0 Å². The molecule has 3 rings (SSSR count). The number of rotatable bonds is 7. The molecule has 0 aliphatic carbocycles. The SMILES string of the molecule is COc1ccc([C@@H]2[C@@H](CO)OCCN2C(=O)c2ccc(CC(C)C)cc2)cc1OC. The van der Waals surface area contributed by atoms with Gasteiger partial charge in [-0.2, -0.15) is 0 Å². The van der Waals surface area contributed by atoms with Gasteiger partial charge in [0.05, 0.1) is 33.5 Å². The number of aliphatic hydroxyl groups excluding tert-OH is 1. The quantitative estimate of drug-likeness (QED) is 0.753. The number of aliphatic hydroxyl groups is 1. The lowest BCUT2D eigenvalue weighted by Crippen LogP contribution is -2.49. The molecule has 1 N–H and O–H groups in total. The minimum absolute atomic E-state index is 0.0763. The van der Waals surface area contributed by atoms with Gasteiger partial charge >= 0.3 is 0 Å². The molecule has 0 unspecified atom stereocenters. The van der Waals surface area contributed by atoms with E-state index in [0.717, 1.165) is 12.0 Å². The number of carbonyl (C=O) groups excluding carboxylic acids is 1. The standard InChI is InChI=1S/C24H31NO5/c1-16(2)13-17-5-7-18(8-6-17)24(27)25-11-12-30-22(15-26)23(25)19-9-10-20(28-3)21(14-19)29-4/h5-10,14,16,22-23,26H,11-13,15H2,1-4H3/t22-,23-/m1/s1. The molecule has 162 valence electrons. The van der Waals surface area contributed by atoms with Gasteiger partial charge in [-0.25, -0.2) is 0 Å². The van der Waals surface area contributed by atoms with Crippen LogP contribution in [0.25, 0.3) is 0 Å². The maximum Gasteiger partial charge on any atom is 0.254 e. The zero-order valence-corrected chi connectivity index (χ0v) is 18.1. The van der Waals surface area contributed by atoms with Crippen LogP contribution in [-0.4, -0.2) is 56.0 Å². The van der Waals surface area contributed by atoms with Gasteiger partial charge < -0.3 is 24.2 Å². The van der Waals surface area contributed by atoms with E-state index in [9.17, 15) is 9.90 Å². The van der Waals surface area contributed by atoms with Crippen molar-refractivity contribution in [1.82, 2.24) is 4.90 Å². The van der Waals surface area contributed by atoms with Crippen molar-refractivity contribution in [2.45, 2.75) is 32.4 Å². The second kappa shape index (κ2) is 9.96. The van der Waals surface area contributed by atoms with E-state index in [4.69, 9.17) is 14.2 Å². The third-order valence-electron chi connectivity index (χ3n) is 5.39. The summed E-state index contributed by atoms with van der Waals surface area (Å²) in [6.07, 6.45) is 0.466. The molecule has 0 radical (unpaired) electrons.